The third kappa shape index (κ3) is 3.10. The highest BCUT2D eigenvalue weighted by atomic mass is 32.1. The Bertz CT molecular complexity index is 441. The number of nitrogens with zero attached hydrogens (tertiary/aromatic N) is 2. The van der Waals surface area contributed by atoms with Crippen LogP contribution in [0.3, 0.4) is 0 Å². The highest BCUT2D eigenvalue weighted by Gasteiger charge is 2.31. The second-order valence-corrected chi connectivity index (χ2v) is 5.12. The second kappa shape index (κ2) is 6.12. The van der Waals surface area contributed by atoms with E-state index in [2.05, 4.69) is 14.9 Å². The smallest absolute Gasteiger partial charge is 0.308 e. The Balaban J connectivity index is 2.02. The quantitative estimate of drug-likeness (QED) is 0.622. The molecule has 1 saturated heterocycles. The first-order valence-corrected chi connectivity index (χ1v) is 6.63. The number of nitrogens with two attached hydrogens (primary N) is 1. The van der Waals surface area contributed by atoms with Gasteiger partial charge in [-0.2, -0.15) is 0 Å². The van der Waals surface area contributed by atoms with Gasteiger partial charge >= 0.3 is 5.97 Å². The van der Waals surface area contributed by atoms with E-state index in [1.807, 2.05) is 0 Å². The predicted octanol–water partition coefficient (Wildman–Crippen LogP) is 0.622. The summed E-state index contributed by atoms with van der Waals surface area (Å²) in [5.41, 5.74) is 6.72. The average Bonchev–Trinajstić information content (AvgIpc) is 2.92. The van der Waals surface area contributed by atoms with Crippen molar-refractivity contribution >= 4 is 23.2 Å². The van der Waals surface area contributed by atoms with Gasteiger partial charge in [0, 0.05) is 19.3 Å². The number of hydrogen-bond acceptors (Lipinski definition) is 5. The summed E-state index contributed by atoms with van der Waals surface area (Å²) < 4.78 is 4.78. The zero-order chi connectivity index (χ0) is 13.8. The van der Waals surface area contributed by atoms with Gasteiger partial charge in [-0.05, 0) is 12.8 Å². The number of piperidine rings is 1. The first kappa shape index (κ1) is 14.0. The van der Waals surface area contributed by atoms with Gasteiger partial charge in [0.1, 0.15) is 6.04 Å². The molecule has 0 radical (unpaired) electrons. The molecular formula is C12H18N4O2S. The van der Waals surface area contributed by atoms with Gasteiger partial charge in [-0.1, -0.05) is 12.2 Å². The van der Waals surface area contributed by atoms with E-state index < -0.39 is 0 Å². The normalized spacial score (nSPS) is 19.0. The van der Waals surface area contributed by atoms with E-state index in [1.54, 1.807) is 12.5 Å². The monoisotopic (exact) mass is 282 g/mol. The number of hydrogen-bond donors (Lipinski definition) is 2. The van der Waals surface area contributed by atoms with Crippen LogP contribution in [0.2, 0.25) is 0 Å². The Kier molecular flexibility index (Phi) is 4.49. The zero-order valence-electron chi connectivity index (χ0n) is 10.8. The Morgan fingerprint density at radius 3 is 2.79 bits per heavy atom. The molecule has 1 aromatic rings. The highest BCUT2D eigenvalue weighted by Crippen LogP contribution is 2.26. The lowest BCUT2D eigenvalue weighted by Crippen LogP contribution is -2.43. The van der Waals surface area contributed by atoms with Gasteiger partial charge in [0.25, 0.3) is 0 Å². The molecule has 2 rings (SSSR count). The SMILES string of the molecule is COC(=O)C1CCN(C(C(N)=S)c2cnc[nH]2)CC1. The molecule has 7 heteroatoms. The van der Waals surface area contributed by atoms with Gasteiger partial charge in [0.15, 0.2) is 0 Å². The molecule has 19 heavy (non-hydrogen) atoms. The molecule has 104 valence electrons. The van der Waals surface area contributed by atoms with Gasteiger partial charge in [-0.3, -0.25) is 9.69 Å². The molecule has 1 aromatic heterocycles. The van der Waals surface area contributed by atoms with Crippen molar-refractivity contribution in [3.05, 3.63) is 18.2 Å². The summed E-state index contributed by atoms with van der Waals surface area (Å²) in [5.74, 6) is -0.150. The summed E-state index contributed by atoms with van der Waals surface area (Å²) in [7, 11) is 1.43. The molecule has 1 unspecified atom stereocenters. The summed E-state index contributed by atoms with van der Waals surface area (Å²) in [5, 5.41) is 0. The van der Waals surface area contributed by atoms with Crippen molar-refractivity contribution in [2.75, 3.05) is 20.2 Å². The van der Waals surface area contributed by atoms with Crippen molar-refractivity contribution < 1.29 is 9.53 Å². The van der Waals surface area contributed by atoms with Crippen LogP contribution in [0.1, 0.15) is 24.6 Å². The zero-order valence-corrected chi connectivity index (χ0v) is 11.7. The molecular weight excluding hydrogens is 264 g/mol. The Labute approximate surface area is 117 Å². The summed E-state index contributed by atoms with van der Waals surface area (Å²) in [4.78, 5) is 21.1. The minimum Gasteiger partial charge on any atom is -0.469 e. The van der Waals surface area contributed by atoms with Crippen LogP contribution in [0.15, 0.2) is 12.5 Å². The maximum atomic E-state index is 11.5. The van der Waals surface area contributed by atoms with Crippen molar-refractivity contribution in [3.63, 3.8) is 0 Å². The lowest BCUT2D eigenvalue weighted by molar-refractivity contribution is -0.147. The molecule has 1 aliphatic heterocycles. The first-order valence-electron chi connectivity index (χ1n) is 6.23. The lowest BCUT2D eigenvalue weighted by atomic mass is 9.95. The summed E-state index contributed by atoms with van der Waals surface area (Å²) in [6.45, 7) is 1.53. The number of carbonyl (C=O) groups excluding carboxylic acids is 1. The third-order valence-electron chi connectivity index (χ3n) is 3.51. The van der Waals surface area contributed by atoms with Crippen molar-refractivity contribution in [1.29, 1.82) is 0 Å². The van der Waals surface area contributed by atoms with Gasteiger partial charge in [0.2, 0.25) is 0 Å². The van der Waals surface area contributed by atoms with Crippen molar-refractivity contribution in [2.45, 2.75) is 18.9 Å². The fourth-order valence-corrected chi connectivity index (χ4v) is 2.78. The summed E-state index contributed by atoms with van der Waals surface area (Å²) in [6, 6.07) is -0.143. The molecule has 2 heterocycles. The molecule has 1 atom stereocenters. The molecule has 0 amide bonds. The number of carbonyl (C=O) groups is 1. The molecule has 0 bridgehead atoms. The molecule has 0 spiro atoms. The predicted molar refractivity (Wildman–Crippen MR) is 74.4 cm³/mol. The van der Waals surface area contributed by atoms with E-state index in [-0.39, 0.29) is 17.9 Å². The van der Waals surface area contributed by atoms with Crippen LogP contribution in [0, 0.1) is 5.92 Å². The van der Waals surface area contributed by atoms with Crippen molar-refractivity contribution in [2.24, 2.45) is 11.7 Å². The number of rotatable bonds is 4. The van der Waals surface area contributed by atoms with E-state index in [0.29, 0.717) is 4.99 Å². The van der Waals surface area contributed by atoms with E-state index in [1.165, 1.54) is 7.11 Å². The van der Waals surface area contributed by atoms with Crippen LogP contribution in [0.5, 0.6) is 0 Å². The fourth-order valence-electron chi connectivity index (χ4n) is 2.51. The number of nitrogens with one attached hydrogen (secondary N) is 1. The molecule has 1 aliphatic rings. The van der Waals surface area contributed by atoms with Crippen molar-refractivity contribution in [1.82, 2.24) is 14.9 Å². The van der Waals surface area contributed by atoms with Crippen molar-refractivity contribution in [3.8, 4) is 0 Å². The van der Waals surface area contributed by atoms with Gasteiger partial charge in [-0.25, -0.2) is 4.98 Å². The number of likely N-dealkylation sites (tertiary alicyclic amines) is 1. The highest BCUT2D eigenvalue weighted by molar-refractivity contribution is 7.80. The van der Waals surface area contributed by atoms with E-state index in [9.17, 15) is 4.79 Å². The van der Waals surface area contributed by atoms with Crippen LogP contribution in [-0.4, -0.2) is 46.0 Å². The number of esters is 1. The molecule has 3 N–H and O–H groups in total. The number of ether oxygens (including phenoxy) is 1. The number of H-pyrrole nitrogens is 1. The minimum atomic E-state index is -0.143. The Hall–Kier alpha value is -1.47. The molecule has 0 aliphatic carbocycles. The summed E-state index contributed by atoms with van der Waals surface area (Å²) in [6.07, 6.45) is 4.87. The Morgan fingerprint density at radius 2 is 2.32 bits per heavy atom. The maximum absolute atomic E-state index is 11.5. The average molecular weight is 282 g/mol. The fraction of sp³-hybridized carbons (Fsp3) is 0.583. The standard InChI is InChI=1S/C12H18N4O2S/c1-18-12(17)8-2-4-16(5-3-8)10(11(13)19)9-6-14-7-15-9/h6-8,10H,2-5H2,1H3,(H2,13,19)(H,14,15). The van der Waals surface area contributed by atoms with Crippen LogP contribution >= 0.6 is 12.2 Å². The number of aromatic amines is 1. The van der Waals surface area contributed by atoms with Crippen LogP contribution in [-0.2, 0) is 9.53 Å². The lowest BCUT2D eigenvalue weighted by Gasteiger charge is -2.35. The largest absolute Gasteiger partial charge is 0.469 e. The second-order valence-electron chi connectivity index (χ2n) is 4.65. The van der Waals surface area contributed by atoms with E-state index in [4.69, 9.17) is 22.7 Å². The van der Waals surface area contributed by atoms with Crippen LogP contribution < -0.4 is 5.73 Å². The number of imidazole rings is 1. The summed E-state index contributed by atoms with van der Waals surface area (Å²) >= 11 is 5.15. The molecule has 0 aromatic carbocycles. The molecule has 1 fully saturated rings. The molecule has 0 saturated carbocycles. The Morgan fingerprint density at radius 1 is 1.63 bits per heavy atom. The topological polar surface area (TPSA) is 84.2 Å². The van der Waals surface area contributed by atoms with E-state index in [0.717, 1.165) is 31.6 Å². The van der Waals surface area contributed by atoms with E-state index >= 15 is 0 Å². The first-order chi connectivity index (χ1) is 9.13. The number of methoxy groups -OCH3 is 1. The number of thiocarbonyl (C=S) groups is 1. The molecule has 6 nitrogen and oxygen atoms in total. The van der Waals surface area contributed by atoms with Crippen LogP contribution in [0.25, 0.3) is 0 Å². The van der Waals surface area contributed by atoms with Gasteiger partial charge < -0.3 is 15.5 Å². The van der Waals surface area contributed by atoms with Crippen LogP contribution in [0.4, 0.5) is 0 Å². The maximum Gasteiger partial charge on any atom is 0.308 e. The van der Waals surface area contributed by atoms with Gasteiger partial charge in [0.05, 0.1) is 30.0 Å². The minimum absolute atomic E-state index is 0.0185. The third-order valence-corrected chi connectivity index (χ3v) is 3.74. The number of aromatic nitrogens is 2. The van der Waals surface area contributed by atoms with Gasteiger partial charge in [-0.15, -0.1) is 0 Å².